The van der Waals surface area contributed by atoms with Gasteiger partial charge < -0.3 is 15.0 Å². The zero-order valence-corrected chi connectivity index (χ0v) is 18.2. The summed E-state index contributed by atoms with van der Waals surface area (Å²) < 4.78 is 5.33. The average Bonchev–Trinajstić information content (AvgIpc) is 3.05. The van der Waals surface area contributed by atoms with E-state index in [0.29, 0.717) is 49.4 Å². The topological polar surface area (TPSA) is 79.0 Å². The Kier molecular flexibility index (Phi) is 6.25. The maximum Gasteiger partial charge on any atom is 0.259 e. The van der Waals surface area contributed by atoms with E-state index in [1.807, 2.05) is 41.3 Å². The number of likely N-dealkylation sites (tertiary alicyclic amines) is 1. The Morgan fingerprint density at radius 3 is 2.41 bits per heavy atom. The zero-order chi connectivity index (χ0) is 22.7. The van der Waals surface area contributed by atoms with E-state index in [1.54, 1.807) is 19.2 Å². The number of fused-ring (bicyclic) bond motifs is 1. The highest BCUT2D eigenvalue weighted by molar-refractivity contribution is 6.10. The summed E-state index contributed by atoms with van der Waals surface area (Å²) in [6.07, 6.45) is 1.65. The number of carbonyl (C=O) groups is 3. The monoisotopic (exact) mass is 433 g/mol. The molecule has 0 aromatic heterocycles. The second-order valence-corrected chi connectivity index (χ2v) is 8.09. The molecule has 2 aliphatic rings. The highest BCUT2D eigenvalue weighted by atomic mass is 16.5. The lowest BCUT2D eigenvalue weighted by Crippen LogP contribution is -2.48. The minimum Gasteiger partial charge on any atom is -0.496 e. The number of nitrogens with zero attached hydrogens (tertiary/aromatic N) is 2. The Morgan fingerprint density at radius 1 is 1.06 bits per heavy atom. The van der Waals surface area contributed by atoms with Gasteiger partial charge in [-0.15, -0.1) is 0 Å². The van der Waals surface area contributed by atoms with Gasteiger partial charge >= 0.3 is 0 Å². The molecule has 2 aliphatic heterocycles. The van der Waals surface area contributed by atoms with Crippen molar-refractivity contribution in [2.75, 3.05) is 26.7 Å². The normalized spacial score (nSPS) is 16.2. The number of methoxy groups -OCH3 is 1. The molecule has 3 amide bonds. The van der Waals surface area contributed by atoms with Crippen LogP contribution < -0.4 is 10.1 Å². The quantitative estimate of drug-likeness (QED) is 0.759. The van der Waals surface area contributed by atoms with Crippen LogP contribution in [-0.4, -0.2) is 60.3 Å². The number of hydrogen-bond acceptors (Lipinski definition) is 4. The smallest absolute Gasteiger partial charge is 0.259 e. The number of nitrogens with one attached hydrogen (secondary N) is 1. The molecule has 1 fully saturated rings. The van der Waals surface area contributed by atoms with Gasteiger partial charge in [0.15, 0.2) is 0 Å². The van der Waals surface area contributed by atoms with Crippen molar-refractivity contribution in [1.82, 2.24) is 15.1 Å². The van der Waals surface area contributed by atoms with Crippen LogP contribution in [0, 0.1) is 0 Å². The Hall–Kier alpha value is -3.61. The fourth-order valence-electron chi connectivity index (χ4n) is 4.32. The van der Waals surface area contributed by atoms with Crippen LogP contribution in [0.2, 0.25) is 0 Å². The molecule has 2 heterocycles. The molecule has 2 aromatic carbocycles. The van der Waals surface area contributed by atoms with Crippen molar-refractivity contribution in [3.8, 4) is 5.75 Å². The van der Waals surface area contributed by atoms with Crippen molar-refractivity contribution in [3.05, 3.63) is 71.8 Å². The summed E-state index contributed by atoms with van der Waals surface area (Å²) in [5.74, 6) is 0.350. The van der Waals surface area contributed by atoms with Gasteiger partial charge in [0.25, 0.3) is 5.91 Å². The lowest BCUT2D eigenvalue weighted by Gasteiger charge is -2.33. The van der Waals surface area contributed by atoms with E-state index in [4.69, 9.17) is 4.74 Å². The molecule has 0 unspecified atom stereocenters. The van der Waals surface area contributed by atoms with Gasteiger partial charge in [-0.2, -0.15) is 0 Å². The second-order valence-electron chi connectivity index (χ2n) is 8.09. The molecular formula is C25H27N3O4. The summed E-state index contributed by atoms with van der Waals surface area (Å²) >= 11 is 0. The molecule has 32 heavy (non-hydrogen) atoms. The Bertz CT molecular complexity index is 1020. The summed E-state index contributed by atoms with van der Waals surface area (Å²) in [6.45, 7) is 5.09. The fourth-order valence-corrected chi connectivity index (χ4v) is 4.32. The van der Waals surface area contributed by atoms with Gasteiger partial charge in [-0.3, -0.25) is 19.3 Å². The Morgan fingerprint density at radius 2 is 1.72 bits per heavy atom. The third-order valence-corrected chi connectivity index (χ3v) is 6.09. The van der Waals surface area contributed by atoms with Gasteiger partial charge in [0.2, 0.25) is 11.8 Å². The number of amides is 3. The second kappa shape index (κ2) is 9.26. The molecule has 4 rings (SSSR count). The van der Waals surface area contributed by atoms with E-state index in [1.165, 1.54) is 4.90 Å². The standard InChI is InChI=1S/C25H27N3O4/c1-17-20-8-4-5-9-21(20)25(31)28(17)16-23(29)26-19-11-13-27(14-12-19)24(30)15-18-7-3-6-10-22(18)32-2/h3-10,19H,1,11-16H2,2H3,(H,26,29). The SMILES string of the molecule is C=C1c2ccccc2C(=O)N1CC(=O)NC1CCN(C(=O)Cc2ccccc2OC)CC1. The predicted octanol–water partition coefficient (Wildman–Crippen LogP) is 2.47. The van der Waals surface area contributed by atoms with Crippen LogP contribution in [0.1, 0.15) is 34.3 Å². The molecule has 0 aliphatic carbocycles. The molecule has 0 spiro atoms. The maximum absolute atomic E-state index is 12.7. The van der Waals surface area contributed by atoms with Crippen molar-refractivity contribution in [1.29, 1.82) is 0 Å². The highest BCUT2D eigenvalue weighted by Crippen LogP contribution is 2.30. The molecule has 0 bridgehead atoms. The van der Waals surface area contributed by atoms with Crippen molar-refractivity contribution in [3.63, 3.8) is 0 Å². The van der Waals surface area contributed by atoms with Gasteiger partial charge in [-0.05, 0) is 25.0 Å². The molecule has 7 heteroatoms. The van der Waals surface area contributed by atoms with Gasteiger partial charge in [-0.25, -0.2) is 0 Å². The van der Waals surface area contributed by atoms with Gasteiger partial charge in [0.05, 0.1) is 13.5 Å². The first-order valence-electron chi connectivity index (χ1n) is 10.8. The highest BCUT2D eigenvalue weighted by Gasteiger charge is 2.32. The zero-order valence-electron chi connectivity index (χ0n) is 18.2. The third-order valence-electron chi connectivity index (χ3n) is 6.09. The molecule has 166 valence electrons. The van der Waals surface area contributed by atoms with Crippen LogP contribution in [0.15, 0.2) is 55.1 Å². The van der Waals surface area contributed by atoms with E-state index in [-0.39, 0.29) is 30.3 Å². The molecule has 0 saturated carbocycles. The van der Waals surface area contributed by atoms with E-state index in [0.717, 1.165) is 11.1 Å². The van der Waals surface area contributed by atoms with E-state index in [2.05, 4.69) is 11.9 Å². The summed E-state index contributed by atoms with van der Waals surface area (Å²) in [5, 5.41) is 3.01. The van der Waals surface area contributed by atoms with Crippen LogP contribution >= 0.6 is 0 Å². The van der Waals surface area contributed by atoms with Crippen molar-refractivity contribution >= 4 is 23.4 Å². The summed E-state index contributed by atoms with van der Waals surface area (Å²) in [7, 11) is 1.60. The molecule has 1 saturated heterocycles. The molecule has 2 aromatic rings. The first kappa shape index (κ1) is 21.6. The lowest BCUT2D eigenvalue weighted by molar-refractivity contribution is -0.131. The first-order valence-corrected chi connectivity index (χ1v) is 10.8. The van der Waals surface area contributed by atoms with E-state index >= 15 is 0 Å². The Labute approximate surface area is 187 Å². The van der Waals surface area contributed by atoms with Gasteiger partial charge in [-0.1, -0.05) is 43.0 Å². The predicted molar refractivity (Wildman–Crippen MR) is 121 cm³/mol. The molecule has 7 nitrogen and oxygen atoms in total. The molecule has 1 N–H and O–H groups in total. The van der Waals surface area contributed by atoms with Gasteiger partial charge in [0, 0.05) is 41.5 Å². The first-order chi connectivity index (χ1) is 15.5. The van der Waals surface area contributed by atoms with E-state index < -0.39 is 0 Å². The number of hydrogen-bond donors (Lipinski definition) is 1. The largest absolute Gasteiger partial charge is 0.496 e. The number of para-hydroxylation sites is 1. The molecular weight excluding hydrogens is 406 g/mol. The van der Waals surface area contributed by atoms with E-state index in [9.17, 15) is 14.4 Å². The summed E-state index contributed by atoms with van der Waals surface area (Å²) in [4.78, 5) is 41.1. The summed E-state index contributed by atoms with van der Waals surface area (Å²) in [6, 6.07) is 14.7. The van der Waals surface area contributed by atoms with Crippen molar-refractivity contribution < 1.29 is 19.1 Å². The number of benzene rings is 2. The minimum absolute atomic E-state index is 0.0221. The summed E-state index contributed by atoms with van der Waals surface area (Å²) in [5.41, 5.74) is 2.77. The molecule has 0 atom stereocenters. The Balaban J connectivity index is 1.26. The minimum atomic E-state index is -0.217. The fraction of sp³-hybridized carbons (Fsp3) is 0.320. The van der Waals surface area contributed by atoms with Crippen LogP contribution in [0.4, 0.5) is 0 Å². The number of ether oxygens (including phenoxy) is 1. The van der Waals surface area contributed by atoms with Crippen LogP contribution in [-0.2, 0) is 16.0 Å². The van der Waals surface area contributed by atoms with Crippen LogP contribution in [0.25, 0.3) is 5.70 Å². The number of rotatable bonds is 6. The van der Waals surface area contributed by atoms with Crippen LogP contribution in [0.3, 0.4) is 0 Å². The molecule has 0 radical (unpaired) electrons. The number of piperidine rings is 1. The number of carbonyl (C=O) groups excluding carboxylic acids is 3. The lowest BCUT2D eigenvalue weighted by atomic mass is 10.0. The van der Waals surface area contributed by atoms with Crippen molar-refractivity contribution in [2.45, 2.75) is 25.3 Å². The average molecular weight is 434 g/mol. The third kappa shape index (κ3) is 4.37. The van der Waals surface area contributed by atoms with Gasteiger partial charge in [0.1, 0.15) is 12.3 Å². The van der Waals surface area contributed by atoms with Crippen molar-refractivity contribution in [2.24, 2.45) is 0 Å². The maximum atomic E-state index is 12.7. The van der Waals surface area contributed by atoms with Crippen LogP contribution in [0.5, 0.6) is 5.75 Å².